The second kappa shape index (κ2) is 7.85. The lowest BCUT2D eigenvalue weighted by Gasteiger charge is -2.31. The predicted octanol–water partition coefficient (Wildman–Crippen LogP) is 2.63. The molecule has 0 atom stereocenters. The average Bonchev–Trinajstić information content (AvgIpc) is 3.43. The lowest BCUT2D eigenvalue weighted by atomic mass is 10.1. The second-order valence-corrected chi connectivity index (χ2v) is 8.79. The molecular weight excluding hydrogens is 324 g/mol. The molecule has 1 aromatic carbocycles. The average molecular weight is 353 g/mol. The van der Waals surface area contributed by atoms with Crippen molar-refractivity contribution in [2.45, 2.75) is 50.0 Å². The Labute approximate surface area is 145 Å². The number of rotatable bonds is 8. The number of sulfonamides is 1. The number of ether oxygens (including phenoxy) is 1. The zero-order valence-corrected chi connectivity index (χ0v) is 15.2. The monoisotopic (exact) mass is 352 g/mol. The first kappa shape index (κ1) is 17.7. The summed E-state index contributed by atoms with van der Waals surface area (Å²) in [6, 6.07) is 7.25. The summed E-state index contributed by atoms with van der Waals surface area (Å²) in [6.45, 7) is 4.98. The lowest BCUT2D eigenvalue weighted by molar-refractivity contribution is 0.288. The van der Waals surface area contributed by atoms with Crippen LogP contribution in [0, 0.1) is 5.92 Å². The molecule has 0 unspecified atom stereocenters. The maximum Gasteiger partial charge on any atom is 0.243 e. The molecule has 1 heterocycles. The summed E-state index contributed by atoms with van der Waals surface area (Å²) in [6.07, 6.45) is 5.41. The van der Waals surface area contributed by atoms with E-state index in [1.165, 1.54) is 12.8 Å². The predicted molar refractivity (Wildman–Crippen MR) is 94.7 cm³/mol. The SMILES string of the molecule is CCCOc1ccc(S(=O)(=O)N2CCC(NCC3CC3)CC2)cc1. The Morgan fingerprint density at radius 2 is 1.79 bits per heavy atom. The van der Waals surface area contributed by atoms with E-state index in [9.17, 15) is 8.42 Å². The minimum Gasteiger partial charge on any atom is -0.494 e. The van der Waals surface area contributed by atoms with Crippen molar-refractivity contribution in [2.24, 2.45) is 5.92 Å². The van der Waals surface area contributed by atoms with Gasteiger partial charge in [-0.3, -0.25) is 0 Å². The third-order valence-corrected chi connectivity index (χ3v) is 6.69. The third kappa shape index (κ3) is 4.49. The van der Waals surface area contributed by atoms with Crippen LogP contribution in [-0.4, -0.2) is 45.0 Å². The molecule has 1 aliphatic carbocycles. The highest BCUT2D eigenvalue weighted by atomic mass is 32.2. The molecule has 1 saturated carbocycles. The number of nitrogens with one attached hydrogen (secondary N) is 1. The molecule has 1 N–H and O–H groups in total. The maximum absolute atomic E-state index is 12.8. The maximum atomic E-state index is 12.8. The van der Waals surface area contributed by atoms with Crippen molar-refractivity contribution < 1.29 is 13.2 Å². The van der Waals surface area contributed by atoms with Crippen molar-refractivity contribution in [3.8, 4) is 5.75 Å². The van der Waals surface area contributed by atoms with Crippen LogP contribution in [0.3, 0.4) is 0 Å². The summed E-state index contributed by atoms with van der Waals surface area (Å²) >= 11 is 0. The Morgan fingerprint density at radius 1 is 1.12 bits per heavy atom. The van der Waals surface area contributed by atoms with Gasteiger partial charge in [0.25, 0.3) is 0 Å². The molecule has 1 saturated heterocycles. The first-order valence-electron chi connectivity index (χ1n) is 9.06. The van der Waals surface area contributed by atoms with Crippen molar-refractivity contribution in [3.63, 3.8) is 0 Å². The number of hydrogen-bond donors (Lipinski definition) is 1. The Balaban J connectivity index is 1.55. The van der Waals surface area contributed by atoms with Gasteiger partial charge in [-0.15, -0.1) is 0 Å². The van der Waals surface area contributed by atoms with Crippen molar-refractivity contribution in [1.29, 1.82) is 0 Å². The van der Waals surface area contributed by atoms with E-state index in [1.54, 1.807) is 28.6 Å². The van der Waals surface area contributed by atoms with E-state index in [0.29, 0.717) is 30.6 Å². The molecule has 1 aromatic rings. The fraction of sp³-hybridized carbons (Fsp3) is 0.667. The van der Waals surface area contributed by atoms with Crippen LogP contribution in [-0.2, 0) is 10.0 Å². The van der Waals surface area contributed by atoms with Gasteiger partial charge >= 0.3 is 0 Å². The molecule has 0 aromatic heterocycles. The van der Waals surface area contributed by atoms with Crippen LogP contribution in [0.15, 0.2) is 29.2 Å². The number of hydrogen-bond acceptors (Lipinski definition) is 4. The van der Waals surface area contributed by atoms with Crippen LogP contribution >= 0.6 is 0 Å². The van der Waals surface area contributed by atoms with Crippen molar-refractivity contribution >= 4 is 10.0 Å². The van der Waals surface area contributed by atoms with E-state index in [4.69, 9.17) is 4.74 Å². The Kier molecular flexibility index (Phi) is 5.79. The number of piperidine rings is 1. The largest absolute Gasteiger partial charge is 0.494 e. The van der Waals surface area contributed by atoms with Crippen LogP contribution in [0.25, 0.3) is 0 Å². The van der Waals surface area contributed by atoms with Crippen LogP contribution < -0.4 is 10.1 Å². The van der Waals surface area contributed by atoms with Gasteiger partial charge in [-0.2, -0.15) is 4.31 Å². The molecule has 3 rings (SSSR count). The van der Waals surface area contributed by atoms with Gasteiger partial charge in [-0.25, -0.2) is 8.42 Å². The second-order valence-electron chi connectivity index (χ2n) is 6.85. The smallest absolute Gasteiger partial charge is 0.243 e. The van der Waals surface area contributed by atoms with Crippen LogP contribution in [0.5, 0.6) is 5.75 Å². The van der Waals surface area contributed by atoms with Gasteiger partial charge in [0.05, 0.1) is 11.5 Å². The van der Waals surface area contributed by atoms with Crippen LogP contribution in [0.2, 0.25) is 0 Å². The molecule has 0 radical (unpaired) electrons. The number of nitrogens with zero attached hydrogens (tertiary/aromatic N) is 1. The minimum absolute atomic E-state index is 0.357. The van der Waals surface area contributed by atoms with Gasteiger partial charge in [0.15, 0.2) is 0 Å². The molecular formula is C18H28N2O3S. The Bertz CT molecular complexity index is 618. The molecule has 2 fully saturated rings. The van der Waals surface area contributed by atoms with Gasteiger partial charge < -0.3 is 10.1 Å². The Hall–Kier alpha value is -1.11. The fourth-order valence-electron chi connectivity index (χ4n) is 3.03. The standard InChI is InChI=1S/C18H28N2O3S/c1-2-13-23-17-5-7-18(8-6-17)24(21,22)20-11-9-16(10-12-20)19-14-15-3-4-15/h5-8,15-16,19H,2-4,9-14H2,1H3. The molecule has 0 amide bonds. The molecule has 0 bridgehead atoms. The van der Waals surface area contributed by atoms with E-state index in [-0.39, 0.29) is 0 Å². The highest BCUT2D eigenvalue weighted by Crippen LogP contribution is 2.28. The van der Waals surface area contributed by atoms with Gasteiger partial charge in [-0.05, 0) is 68.8 Å². The zero-order valence-electron chi connectivity index (χ0n) is 14.4. The first-order chi connectivity index (χ1) is 11.6. The summed E-state index contributed by atoms with van der Waals surface area (Å²) < 4.78 is 32.7. The topological polar surface area (TPSA) is 58.6 Å². The number of benzene rings is 1. The van der Waals surface area contributed by atoms with Crippen molar-refractivity contribution in [3.05, 3.63) is 24.3 Å². The van der Waals surface area contributed by atoms with E-state index >= 15 is 0 Å². The third-order valence-electron chi connectivity index (χ3n) is 4.78. The normalized spacial score (nSPS) is 20.2. The summed E-state index contributed by atoms with van der Waals surface area (Å²) in [7, 11) is -3.39. The molecule has 24 heavy (non-hydrogen) atoms. The van der Waals surface area contributed by atoms with Gasteiger partial charge in [0, 0.05) is 19.1 Å². The van der Waals surface area contributed by atoms with E-state index in [0.717, 1.165) is 37.5 Å². The molecule has 2 aliphatic rings. The van der Waals surface area contributed by atoms with Crippen molar-refractivity contribution in [2.75, 3.05) is 26.2 Å². The molecule has 5 nitrogen and oxygen atoms in total. The Morgan fingerprint density at radius 3 is 2.38 bits per heavy atom. The van der Waals surface area contributed by atoms with E-state index in [1.807, 2.05) is 6.92 Å². The first-order valence-corrected chi connectivity index (χ1v) is 10.5. The van der Waals surface area contributed by atoms with Crippen LogP contribution in [0.1, 0.15) is 39.0 Å². The summed E-state index contributed by atoms with van der Waals surface area (Å²) in [5.41, 5.74) is 0. The summed E-state index contributed by atoms with van der Waals surface area (Å²) in [5, 5.41) is 3.58. The molecule has 1 aliphatic heterocycles. The van der Waals surface area contributed by atoms with Crippen molar-refractivity contribution in [1.82, 2.24) is 9.62 Å². The molecule has 134 valence electrons. The fourth-order valence-corrected chi connectivity index (χ4v) is 4.50. The van der Waals surface area contributed by atoms with Gasteiger partial charge in [0.1, 0.15) is 5.75 Å². The van der Waals surface area contributed by atoms with E-state index in [2.05, 4.69) is 5.32 Å². The minimum atomic E-state index is -3.39. The van der Waals surface area contributed by atoms with Gasteiger partial charge in [0.2, 0.25) is 10.0 Å². The molecule has 6 heteroatoms. The summed E-state index contributed by atoms with van der Waals surface area (Å²) in [4.78, 5) is 0.357. The zero-order chi connectivity index (χ0) is 17.0. The lowest BCUT2D eigenvalue weighted by Crippen LogP contribution is -2.45. The van der Waals surface area contributed by atoms with Gasteiger partial charge in [-0.1, -0.05) is 6.92 Å². The highest BCUT2D eigenvalue weighted by Gasteiger charge is 2.30. The quantitative estimate of drug-likeness (QED) is 0.781. The van der Waals surface area contributed by atoms with E-state index < -0.39 is 10.0 Å². The highest BCUT2D eigenvalue weighted by molar-refractivity contribution is 7.89. The summed E-state index contributed by atoms with van der Waals surface area (Å²) in [5.74, 6) is 1.58. The molecule has 0 spiro atoms. The van der Waals surface area contributed by atoms with Crippen LogP contribution in [0.4, 0.5) is 0 Å².